The van der Waals surface area contributed by atoms with Gasteiger partial charge in [0.05, 0.1) is 6.20 Å². The van der Waals surface area contributed by atoms with Gasteiger partial charge in [0.1, 0.15) is 5.78 Å². The van der Waals surface area contributed by atoms with Crippen LogP contribution in [-0.4, -0.2) is 33.6 Å². The van der Waals surface area contributed by atoms with Crippen molar-refractivity contribution in [2.45, 2.75) is 39.8 Å². The predicted molar refractivity (Wildman–Crippen MR) is 66.6 cm³/mol. The fourth-order valence-corrected chi connectivity index (χ4v) is 2.42. The number of carbonyl (C=O) groups is 1. The molecule has 0 amide bonds. The summed E-state index contributed by atoms with van der Waals surface area (Å²) < 4.78 is 1.96. The summed E-state index contributed by atoms with van der Waals surface area (Å²) in [6.45, 7) is 7.75. The lowest BCUT2D eigenvalue weighted by molar-refractivity contribution is -0.122. The Bertz CT molecular complexity index is 378. The van der Waals surface area contributed by atoms with Crippen LogP contribution >= 0.6 is 0 Å². The highest BCUT2D eigenvalue weighted by Crippen LogP contribution is 2.19. The van der Waals surface area contributed by atoms with E-state index in [9.17, 15) is 4.79 Å². The van der Waals surface area contributed by atoms with Crippen molar-refractivity contribution in [3.63, 3.8) is 0 Å². The molecule has 0 N–H and O–H groups in total. The molecule has 0 aliphatic carbocycles. The van der Waals surface area contributed by atoms with Crippen molar-refractivity contribution in [3.05, 3.63) is 18.0 Å². The highest BCUT2D eigenvalue weighted by atomic mass is 16.1. The number of Topliss-reactive ketones (excluding diaryl/α,β-unsaturated/α-hetero) is 1. The van der Waals surface area contributed by atoms with Crippen molar-refractivity contribution in [2.75, 3.05) is 13.1 Å². The number of aromatic nitrogens is 2. The summed E-state index contributed by atoms with van der Waals surface area (Å²) in [6.07, 6.45) is 6.08. The minimum atomic E-state index is 0.296. The Labute approximate surface area is 103 Å². The van der Waals surface area contributed by atoms with E-state index in [1.807, 2.05) is 10.9 Å². The SMILES string of the molecule is CCn1cc(CN2CCC(C(C)=O)CC2)cn1. The van der Waals surface area contributed by atoms with E-state index in [0.717, 1.165) is 39.0 Å². The van der Waals surface area contributed by atoms with Crippen molar-refractivity contribution in [2.24, 2.45) is 5.92 Å². The molecule has 0 radical (unpaired) electrons. The van der Waals surface area contributed by atoms with Crippen LogP contribution in [0.4, 0.5) is 0 Å². The molecule has 1 saturated heterocycles. The first-order chi connectivity index (χ1) is 8.19. The highest BCUT2D eigenvalue weighted by Gasteiger charge is 2.22. The van der Waals surface area contributed by atoms with Crippen LogP contribution in [0.1, 0.15) is 32.3 Å². The maximum Gasteiger partial charge on any atom is 0.133 e. The molecule has 0 aromatic carbocycles. The highest BCUT2D eigenvalue weighted by molar-refractivity contribution is 5.78. The topological polar surface area (TPSA) is 38.1 Å². The molecule has 17 heavy (non-hydrogen) atoms. The third-order valence-corrected chi connectivity index (χ3v) is 3.58. The number of rotatable bonds is 4. The Balaban J connectivity index is 1.83. The van der Waals surface area contributed by atoms with Crippen molar-refractivity contribution >= 4 is 5.78 Å². The molecule has 2 heterocycles. The Morgan fingerprint density at radius 1 is 1.47 bits per heavy atom. The molecule has 0 atom stereocenters. The standard InChI is InChI=1S/C13H21N3O/c1-3-16-10-12(8-14-16)9-15-6-4-13(5-7-15)11(2)17/h8,10,13H,3-7,9H2,1-2H3. The summed E-state index contributed by atoms with van der Waals surface area (Å²) in [5.41, 5.74) is 1.27. The number of nitrogens with zero attached hydrogens (tertiary/aromatic N) is 3. The summed E-state index contributed by atoms with van der Waals surface area (Å²) >= 11 is 0. The maximum absolute atomic E-state index is 11.3. The quantitative estimate of drug-likeness (QED) is 0.797. The lowest BCUT2D eigenvalue weighted by Crippen LogP contribution is -2.35. The van der Waals surface area contributed by atoms with Gasteiger partial charge in [-0.1, -0.05) is 0 Å². The van der Waals surface area contributed by atoms with E-state index >= 15 is 0 Å². The van der Waals surface area contributed by atoms with Gasteiger partial charge in [-0.05, 0) is 39.8 Å². The zero-order valence-corrected chi connectivity index (χ0v) is 10.7. The first-order valence-electron chi connectivity index (χ1n) is 6.43. The summed E-state index contributed by atoms with van der Waals surface area (Å²) in [4.78, 5) is 13.7. The molecule has 2 rings (SSSR count). The molecule has 1 aliphatic heterocycles. The second-order valence-corrected chi connectivity index (χ2v) is 4.87. The largest absolute Gasteiger partial charge is 0.300 e. The fourth-order valence-electron chi connectivity index (χ4n) is 2.42. The lowest BCUT2D eigenvalue weighted by atomic mass is 9.93. The Morgan fingerprint density at radius 3 is 2.71 bits per heavy atom. The van der Waals surface area contributed by atoms with Crippen molar-refractivity contribution in [1.82, 2.24) is 14.7 Å². The van der Waals surface area contributed by atoms with Crippen LogP contribution in [0.25, 0.3) is 0 Å². The van der Waals surface area contributed by atoms with Crippen molar-refractivity contribution < 1.29 is 4.79 Å². The van der Waals surface area contributed by atoms with Gasteiger partial charge in [0.25, 0.3) is 0 Å². The smallest absolute Gasteiger partial charge is 0.133 e. The molecule has 1 aromatic heterocycles. The molecule has 1 fully saturated rings. The minimum Gasteiger partial charge on any atom is -0.300 e. The zero-order valence-electron chi connectivity index (χ0n) is 10.7. The lowest BCUT2D eigenvalue weighted by Gasteiger charge is -2.30. The van der Waals surface area contributed by atoms with Crippen LogP contribution in [0, 0.1) is 5.92 Å². The summed E-state index contributed by atoms with van der Waals surface area (Å²) in [7, 11) is 0. The predicted octanol–water partition coefficient (Wildman–Crippen LogP) is 1.70. The van der Waals surface area contributed by atoms with Crippen molar-refractivity contribution in [3.8, 4) is 0 Å². The van der Waals surface area contributed by atoms with E-state index in [4.69, 9.17) is 0 Å². The van der Waals surface area contributed by atoms with E-state index in [1.165, 1.54) is 5.56 Å². The molecule has 0 saturated carbocycles. The van der Waals surface area contributed by atoms with Crippen LogP contribution in [0.2, 0.25) is 0 Å². The van der Waals surface area contributed by atoms with Gasteiger partial charge in [0, 0.05) is 30.8 Å². The normalized spacial score (nSPS) is 18.5. The number of hydrogen-bond acceptors (Lipinski definition) is 3. The summed E-state index contributed by atoms with van der Waals surface area (Å²) in [6, 6.07) is 0. The van der Waals surface area contributed by atoms with Gasteiger partial charge in [-0.15, -0.1) is 0 Å². The first kappa shape index (κ1) is 12.3. The molecular weight excluding hydrogens is 214 g/mol. The molecule has 0 bridgehead atoms. The average molecular weight is 235 g/mol. The molecule has 1 aliphatic rings. The maximum atomic E-state index is 11.3. The van der Waals surface area contributed by atoms with Gasteiger partial charge < -0.3 is 0 Å². The van der Waals surface area contributed by atoms with Gasteiger partial charge in [-0.3, -0.25) is 14.4 Å². The number of aryl methyl sites for hydroxylation is 1. The van der Waals surface area contributed by atoms with Crippen LogP contribution < -0.4 is 0 Å². The van der Waals surface area contributed by atoms with Gasteiger partial charge in [-0.2, -0.15) is 5.10 Å². The Hall–Kier alpha value is -1.16. The Morgan fingerprint density at radius 2 is 2.18 bits per heavy atom. The first-order valence-corrected chi connectivity index (χ1v) is 6.43. The molecule has 0 spiro atoms. The number of ketones is 1. The van der Waals surface area contributed by atoms with E-state index in [-0.39, 0.29) is 0 Å². The second-order valence-electron chi connectivity index (χ2n) is 4.87. The summed E-state index contributed by atoms with van der Waals surface area (Å²) in [5.74, 6) is 0.646. The third kappa shape index (κ3) is 3.16. The Kier molecular flexibility index (Phi) is 3.94. The van der Waals surface area contributed by atoms with E-state index in [1.54, 1.807) is 6.92 Å². The van der Waals surface area contributed by atoms with E-state index in [2.05, 4.69) is 23.1 Å². The zero-order chi connectivity index (χ0) is 12.3. The average Bonchev–Trinajstić information content (AvgIpc) is 2.77. The van der Waals surface area contributed by atoms with E-state index in [0.29, 0.717) is 11.7 Å². The fraction of sp³-hybridized carbons (Fsp3) is 0.692. The third-order valence-electron chi connectivity index (χ3n) is 3.58. The molecule has 4 heteroatoms. The van der Waals surface area contributed by atoms with Crippen LogP contribution in [0.15, 0.2) is 12.4 Å². The number of likely N-dealkylation sites (tertiary alicyclic amines) is 1. The number of hydrogen-bond donors (Lipinski definition) is 0. The van der Waals surface area contributed by atoms with Crippen LogP contribution in [0.3, 0.4) is 0 Å². The molecule has 1 aromatic rings. The minimum absolute atomic E-state index is 0.296. The molecule has 0 unspecified atom stereocenters. The molecule has 4 nitrogen and oxygen atoms in total. The van der Waals surface area contributed by atoms with E-state index < -0.39 is 0 Å². The van der Waals surface area contributed by atoms with Crippen molar-refractivity contribution in [1.29, 1.82) is 0 Å². The van der Waals surface area contributed by atoms with Crippen LogP contribution in [0.5, 0.6) is 0 Å². The van der Waals surface area contributed by atoms with Gasteiger partial charge in [0.15, 0.2) is 0 Å². The second kappa shape index (κ2) is 5.45. The monoisotopic (exact) mass is 235 g/mol. The van der Waals surface area contributed by atoms with Gasteiger partial charge in [0.2, 0.25) is 0 Å². The molecular formula is C13H21N3O. The van der Waals surface area contributed by atoms with Gasteiger partial charge >= 0.3 is 0 Å². The van der Waals surface area contributed by atoms with Crippen LogP contribution in [-0.2, 0) is 17.9 Å². The number of piperidine rings is 1. The van der Waals surface area contributed by atoms with Gasteiger partial charge in [-0.25, -0.2) is 0 Å². The molecule has 94 valence electrons. The summed E-state index contributed by atoms with van der Waals surface area (Å²) in [5, 5.41) is 4.28. The number of carbonyl (C=O) groups excluding carboxylic acids is 1.